The van der Waals surface area contributed by atoms with Crippen molar-refractivity contribution >= 4 is 62.5 Å². The Hall–Kier alpha value is -6.66. The molecule has 18 heteroatoms. The van der Waals surface area contributed by atoms with Gasteiger partial charge in [0.05, 0.1) is 22.4 Å². The molecule has 0 aliphatic carbocycles. The van der Waals surface area contributed by atoms with Crippen LogP contribution in [0.3, 0.4) is 0 Å². The second-order valence-corrected chi connectivity index (χ2v) is 14.5. The molecule has 61 heavy (non-hydrogen) atoms. The first-order valence-electron chi connectivity index (χ1n) is 19.3. The summed E-state index contributed by atoms with van der Waals surface area (Å²) < 4.78 is 77.0. The summed E-state index contributed by atoms with van der Waals surface area (Å²) in [6, 6.07) is 20.5. The SMILES string of the molecule is CN1CC=C(c2ccc3nccc(NC(=O)Nc4cccc(C(F)(F)F)n4)c3c2)CC1.O=C(Nc1cccc(C(F)(F)F)n1)Nc1ccnc2ccc(C3CCNCC3)cc12. The van der Waals surface area contributed by atoms with Crippen LogP contribution in [0.25, 0.3) is 27.4 Å². The van der Waals surface area contributed by atoms with Gasteiger partial charge in [0.2, 0.25) is 0 Å². The molecule has 0 atom stereocenters. The van der Waals surface area contributed by atoms with Crippen molar-refractivity contribution in [1.82, 2.24) is 30.2 Å². The molecule has 0 spiro atoms. The molecular weight excluding hydrogens is 803 g/mol. The molecule has 2 aromatic carbocycles. The maximum absolute atomic E-state index is 12.8. The van der Waals surface area contributed by atoms with Crippen LogP contribution in [0, 0.1) is 0 Å². The zero-order chi connectivity index (χ0) is 43.1. The molecular formula is C43H40F6N10O2. The summed E-state index contributed by atoms with van der Waals surface area (Å²) in [6.07, 6.45) is -0.853. The van der Waals surface area contributed by atoms with Gasteiger partial charge in [-0.2, -0.15) is 26.3 Å². The normalized spacial score (nSPS) is 15.0. The lowest BCUT2D eigenvalue weighted by Gasteiger charge is -2.23. The van der Waals surface area contributed by atoms with Gasteiger partial charge in [-0.3, -0.25) is 20.6 Å². The summed E-state index contributed by atoms with van der Waals surface area (Å²) in [5.41, 5.74) is 3.78. The molecule has 0 unspecified atom stereocenters. The number of urea groups is 2. The highest BCUT2D eigenvalue weighted by molar-refractivity contribution is 6.06. The van der Waals surface area contributed by atoms with E-state index in [2.05, 4.69) is 70.6 Å². The van der Waals surface area contributed by atoms with Gasteiger partial charge < -0.3 is 20.9 Å². The van der Waals surface area contributed by atoms with Gasteiger partial charge in [-0.25, -0.2) is 19.6 Å². The number of aromatic nitrogens is 4. The molecule has 8 rings (SSSR count). The van der Waals surface area contributed by atoms with Crippen molar-refractivity contribution in [3.63, 3.8) is 0 Å². The first-order chi connectivity index (χ1) is 29.2. The van der Waals surface area contributed by atoms with Crippen LogP contribution in [0.5, 0.6) is 0 Å². The molecule has 0 radical (unpaired) electrons. The van der Waals surface area contributed by atoms with E-state index in [1.165, 1.54) is 35.4 Å². The van der Waals surface area contributed by atoms with Crippen molar-refractivity contribution in [1.29, 1.82) is 0 Å². The Morgan fingerprint density at radius 1 is 0.689 bits per heavy atom. The number of fused-ring (bicyclic) bond motifs is 2. The van der Waals surface area contributed by atoms with Crippen LogP contribution < -0.4 is 26.6 Å². The van der Waals surface area contributed by atoms with E-state index in [4.69, 9.17) is 0 Å². The number of hydrogen-bond donors (Lipinski definition) is 5. The molecule has 6 aromatic rings. The Morgan fingerprint density at radius 2 is 1.23 bits per heavy atom. The molecule has 1 saturated heterocycles. The fourth-order valence-electron chi connectivity index (χ4n) is 7.03. The minimum atomic E-state index is -4.59. The number of nitrogens with zero attached hydrogens (tertiary/aromatic N) is 5. The number of alkyl halides is 6. The second kappa shape index (κ2) is 18.3. The highest BCUT2D eigenvalue weighted by Crippen LogP contribution is 2.33. The quantitative estimate of drug-likeness (QED) is 0.104. The van der Waals surface area contributed by atoms with Gasteiger partial charge in [0.1, 0.15) is 23.0 Å². The second-order valence-electron chi connectivity index (χ2n) is 14.5. The Balaban J connectivity index is 0.000000184. The maximum Gasteiger partial charge on any atom is 0.433 e. The van der Waals surface area contributed by atoms with Gasteiger partial charge in [-0.15, -0.1) is 0 Å². The Kier molecular flexibility index (Phi) is 12.7. The summed E-state index contributed by atoms with van der Waals surface area (Å²) >= 11 is 0. The summed E-state index contributed by atoms with van der Waals surface area (Å²) in [7, 11) is 2.07. The number of rotatable bonds is 6. The molecule has 12 nitrogen and oxygen atoms in total. The van der Waals surface area contributed by atoms with Crippen LogP contribution >= 0.6 is 0 Å². The maximum atomic E-state index is 12.8. The van der Waals surface area contributed by atoms with E-state index >= 15 is 0 Å². The highest BCUT2D eigenvalue weighted by atomic mass is 19.4. The Bertz CT molecular complexity index is 2580. The van der Waals surface area contributed by atoms with E-state index in [0.717, 1.165) is 79.4 Å². The summed E-state index contributed by atoms with van der Waals surface area (Å²) in [5.74, 6) is 0.0609. The van der Waals surface area contributed by atoms with Gasteiger partial charge in [-0.05, 0) is 123 Å². The number of carbonyl (C=O) groups is 2. The number of likely N-dealkylation sites (N-methyl/N-ethyl adjacent to an activating group) is 1. The van der Waals surface area contributed by atoms with E-state index in [1.807, 2.05) is 30.3 Å². The number of benzene rings is 2. The molecule has 0 bridgehead atoms. The molecule has 1 fully saturated rings. The number of amides is 4. The first-order valence-corrected chi connectivity index (χ1v) is 19.3. The zero-order valence-electron chi connectivity index (χ0n) is 32.7. The number of hydrogen-bond acceptors (Lipinski definition) is 8. The summed E-state index contributed by atoms with van der Waals surface area (Å²) in [5, 5.41) is 15.0. The van der Waals surface area contributed by atoms with Gasteiger partial charge >= 0.3 is 24.4 Å². The first kappa shape index (κ1) is 42.5. The zero-order valence-corrected chi connectivity index (χ0v) is 32.7. The van der Waals surface area contributed by atoms with Gasteiger partial charge in [0.25, 0.3) is 0 Å². The lowest BCUT2D eigenvalue weighted by atomic mass is 9.89. The van der Waals surface area contributed by atoms with Crippen molar-refractivity contribution in [2.45, 2.75) is 37.5 Å². The van der Waals surface area contributed by atoms with E-state index in [-0.39, 0.29) is 11.6 Å². The van der Waals surface area contributed by atoms with Crippen LogP contribution in [0.15, 0.2) is 103 Å². The third kappa shape index (κ3) is 10.9. The van der Waals surface area contributed by atoms with Crippen molar-refractivity contribution in [3.8, 4) is 0 Å². The minimum absolute atomic E-state index is 0.184. The molecule has 0 saturated carbocycles. The van der Waals surface area contributed by atoms with Gasteiger partial charge in [0, 0.05) is 36.3 Å². The van der Waals surface area contributed by atoms with Crippen molar-refractivity contribution < 1.29 is 35.9 Å². The monoisotopic (exact) mass is 842 g/mol. The van der Waals surface area contributed by atoms with Crippen LogP contribution in [0.1, 0.15) is 47.7 Å². The van der Waals surface area contributed by atoms with Crippen LogP contribution in [-0.4, -0.2) is 70.1 Å². The number of piperidine rings is 1. The molecule has 4 amide bonds. The fourth-order valence-corrected chi connectivity index (χ4v) is 7.03. The van der Waals surface area contributed by atoms with Gasteiger partial charge in [0.15, 0.2) is 0 Å². The van der Waals surface area contributed by atoms with Crippen molar-refractivity contribution in [3.05, 3.63) is 126 Å². The average molecular weight is 843 g/mol. The molecule has 4 aromatic heterocycles. The summed E-state index contributed by atoms with van der Waals surface area (Å²) in [4.78, 5) is 42.6. The lowest BCUT2D eigenvalue weighted by Crippen LogP contribution is -2.26. The fraction of sp³-hybridized carbons (Fsp3) is 0.256. The van der Waals surface area contributed by atoms with E-state index < -0.39 is 35.8 Å². The standard InChI is InChI=1S/C22H20F3N5O.C21H20F3N5O/c1-30-11-8-14(9-12-30)15-5-6-17-16(13-15)18(7-10-26-17)27-21(31)29-20-4-2-3-19(28-20)22(23,24)25;22-21(23,24)18-2-1-3-19(28-18)29-20(30)27-17-8-11-26-16-5-4-14(12-15(16)17)13-6-9-25-10-7-13/h2-8,10,13H,9,11-12H2,1H3,(H2,26,27,28,29,31);1-5,8,11-13,25H,6-7,9-10H2,(H2,26,27,28,29,30). The molecule has 5 N–H and O–H groups in total. The number of carbonyl (C=O) groups excluding carboxylic acids is 2. The predicted molar refractivity (Wildman–Crippen MR) is 222 cm³/mol. The van der Waals surface area contributed by atoms with Gasteiger partial charge in [-0.1, -0.05) is 30.3 Å². The molecule has 316 valence electrons. The number of pyridine rings is 4. The Morgan fingerprint density at radius 3 is 1.75 bits per heavy atom. The Labute approximate surface area is 345 Å². The third-order valence-corrected chi connectivity index (χ3v) is 10.2. The number of nitrogens with one attached hydrogen (secondary N) is 5. The highest BCUT2D eigenvalue weighted by Gasteiger charge is 2.33. The van der Waals surface area contributed by atoms with E-state index in [9.17, 15) is 35.9 Å². The topological polar surface area (TPSA) is 149 Å². The number of anilines is 4. The summed E-state index contributed by atoms with van der Waals surface area (Å²) in [6.45, 7) is 3.77. The minimum Gasteiger partial charge on any atom is -0.317 e. The van der Waals surface area contributed by atoms with Crippen LogP contribution in [-0.2, 0) is 12.4 Å². The average Bonchev–Trinajstić information content (AvgIpc) is 3.24. The van der Waals surface area contributed by atoms with Crippen LogP contribution in [0.4, 0.5) is 58.9 Å². The lowest BCUT2D eigenvalue weighted by molar-refractivity contribution is -0.141. The molecule has 2 aliphatic rings. The predicted octanol–water partition coefficient (Wildman–Crippen LogP) is 9.77. The number of halogens is 6. The van der Waals surface area contributed by atoms with Crippen molar-refractivity contribution in [2.75, 3.05) is 54.5 Å². The third-order valence-electron chi connectivity index (χ3n) is 10.2. The largest absolute Gasteiger partial charge is 0.433 e. The molecule has 6 heterocycles. The molecule has 2 aliphatic heterocycles. The van der Waals surface area contributed by atoms with E-state index in [0.29, 0.717) is 22.8 Å². The smallest absolute Gasteiger partial charge is 0.317 e. The van der Waals surface area contributed by atoms with Crippen LogP contribution in [0.2, 0.25) is 0 Å². The van der Waals surface area contributed by atoms with E-state index in [1.54, 1.807) is 24.5 Å². The van der Waals surface area contributed by atoms with Crippen molar-refractivity contribution in [2.24, 2.45) is 0 Å².